The maximum absolute atomic E-state index is 13.4. The van der Waals surface area contributed by atoms with Crippen LogP contribution in [0.15, 0.2) is 30.6 Å². The molecule has 0 aliphatic heterocycles. The third-order valence-electron chi connectivity index (χ3n) is 2.58. The minimum absolute atomic E-state index is 0.314. The van der Waals surface area contributed by atoms with E-state index in [4.69, 9.17) is 5.11 Å². The molecule has 0 amide bonds. The fourth-order valence-corrected chi connectivity index (χ4v) is 1.62. The zero-order chi connectivity index (χ0) is 13.7. The molecule has 2 rings (SSSR count). The summed E-state index contributed by atoms with van der Waals surface area (Å²) in [6, 6.07) is 4.09. The van der Waals surface area contributed by atoms with Crippen LogP contribution in [0.3, 0.4) is 0 Å². The summed E-state index contributed by atoms with van der Waals surface area (Å²) in [5, 5.41) is 19.3. The summed E-state index contributed by atoms with van der Waals surface area (Å²) in [5.41, 5.74) is 0.382. The lowest BCUT2D eigenvalue weighted by Crippen LogP contribution is -2.20. The quantitative estimate of drug-likeness (QED) is 0.758. The van der Waals surface area contributed by atoms with Crippen LogP contribution in [0, 0.1) is 5.82 Å². The second-order valence-electron chi connectivity index (χ2n) is 3.96. The van der Waals surface area contributed by atoms with Crippen LogP contribution in [-0.2, 0) is 13.1 Å². The molecule has 0 saturated carbocycles. The summed E-state index contributed by atoms with van der Waals surface area (Å²) < 4.78 is 15.1. The molecule has 19 heavy (non-hydrogen) atoms. The monoisotopic (exact) mass is 264 g/mol. The van der Waals surface area contributed by atoms with E-state index in [0.29, 0.717) is 25.2 Å². The predicted octanol–water partition coefficient (Wildman–Crippen LogP) is 0.905. The van der Waals surface area contributed by atoms with Gasteiger partial charge in [0.25, 0.3) is 0 Å². The molecule has 0 atom stereocenters. The molecule has 2 N–H and O–H groups in total. The number of nitrogens with one attached hydrogen (secondary N) is 1. The Morgan fingerprint density at radius 3 is 2.95 bits per heavy atom. The van der Waals surface area contributed by atoms with E-state index in [-0.39, 0.29) is 5.56 Å². The summed E-state index contributed by atoms with van der Waals surface area (Å²) in [6.07, 6.45) is 3.35. The molecule has 1 aromatic heterocycles. The third kappa shape index (κ3) is 3.59. The van der Waals surface area contributed by atoms with Crippen molar-refractivity contribution in [2.24, 2.45) is 0 Å². The highest BCUT2D eigenvalue weighted by Gasteiger charge is 2.09. The Kier molecular flexibility index (Phi) is 4.19. The van der Waals surface area contributed by atoms with Gasteiger partial charge in [-0.05, 0) is 17.7 Å². The van der Waals surface area contributed by atoms with E-state index in [2.05, 4.69) is 15.6 Å². The number of benzene rings is 1. The molecule has 0 saturated heterocycles. The Morgan fingerprint density at radius 1 is 1.47 bits per heavy atom. The van der Waals surface area contributed by atoms with E-state index in [1.807, 2.05) is 0 Å². The summed E-state index contributed by atoms with van der Waals surface area (Å²) >= 11 is 0. The summed E-state index contributed by atoms with van der Waals surface area (Å²) in [6.45, 7) is 1.78. The normalized spacial score (nSPS) is 10.6. The minimum Gasteiger partial charge on any atom is -0.478 e. The molecule has 0 aliphatic carbocycles. The molecule has 0 spiro atoms. The topological polar surface area (TPSA) is 80.0 Å². The van der Waals surface area contributed by atoms with Crippen molar-refractivity contribution in [1.82, 2.24) is 20.3 Å². The van der Waals surface area contributed by atoms with Gasteiger partial charge >= 0.3 is 5.97 Å². The van der Waals surface area contributed by atoms with Gasteiger partial charge in [0.1, 0.15) is 5.82 Å². The molecule has 1 aromatic carbocycles. The van der Waals surface area contributed by atoms with Gasteiger partial charge in [0.2, 0.25) is 0 Å². The number of nitrogens with zero attached hydrogens (tertiary/aromatic N) is 3. The predicted molar refractivity (Wildman–Crippen MR) is 65.1 cm³/mol. The largest absolute Gasteiger partial charge is 0.478 e. The second-order valence-corrected chi connectivity index (χ2v) is 3.96. The summed E-state index contributed by atoms with van der Waals surface area (Å²) in [7, 11) is 0. The van der Waals surface area contributed by atoms with Crippen molar-refractivity contribution in [2.45, 2.75) is 13.1 Å². The van der Waals surface area contributed by atoms with Crippen LogP contribution in [0.25, 0.3) is 0 Å². The van der Waals surface area contributed by atoms with Gasteiger partial charge in [0.15, 0.2) is 0 Å². The van der Waals surface area contributed by atoms with Crippen LogP contribution < -0.4 is 5.32 Å². The number of hydrogen-bond donors (Lipinski definition) is 2. The summed E-state index contributed by atoms with van der Waals surface area (Å²) in [5.74, 6) is -1.98. The van der Waals surface area contributed by atoms with Crippen LogP contribution in [-0.4, -0.2) is 32.6 Å². The number of hydrogen-bond acceptors (Lipinski definition) is 4. The van der Waals surface area contributed by atoms with Gasteiger partial charge in [0, 0.05) is 19.3 Å². The number of halogens is 1. The van der Waals surface area contributed by atoms with Crippen LogP contribution in [0.5, 0.6) is 0 Å². The molecule has 6 nitrogen and oxygen atoms in total. The van der Waals surface area contributed by atoms with Gasteiger partial charge < -0.3 is 10.4 Å². The highest BCUT2D eigenvalue weighted by molar-refractivity contribution is 5.87. The molecular formula is C12H13FN4O2. The zero-order valence-electron chi connectivity index (χ0n) is 10.1. The number of aromatic nitrogens is 3. The maximum atomic E-state index is 13.4. The maximum Gasteiger partial charge on any atom is 0.338 e. The SMILES string of the molecule is O=C(O)c1ccc(CNCCn2ccnn2)cc1F. The van der Waals surface area contributed by atoms with Gasteiger partial charge in [-0.15, -0.1) is 5.10 Å². The fraction of sp³-hybridized carbons (Fsp3) is 0.250. The zero-order valence-corrected chi connectivity index (χ0v) is 10.1. The number of carboxylic acids is 1. The van der Waals surface area contributed by atoms with Gasteiger partial charge in [-0.3, -0.25) is 4.68 Å². The van der Waals surface area contributed by atoms with Crippen LogP contribution in [0.1, 0.15) is 15.9 Å². The molecule has 0 bridgehead atoms. The van der Waals surface area contributed by atoms with E-state index in [0.717, 1.165) is 0 Å². The van der Waals surface area contributed by atoms with Crippen LogP contribution in [0.4, 0.5) is 4.39 Å². The molecule has 0 radical (unpaired) electrons. The van der Waals surface area contributed by atoms with E-state index in [9.17, 15) is 9.18 Å². The average molecular weight is 264 g/mol. The van der Waals surface area contributed by atoms with Crippen molar-refractivity contribution >= 4 is 5.97 Å². The van der Waals surface area contributed by atoms with E-state index in [1.165, 1.54) is 12.1 Å². The van der Waals surface area contributed by atoms with Gasteiger partial charge in [-0.25, -0.2) is 9.18 Å². The molecule has 100 valence electrons. The molecule has 0 unspecified atom stereocenters. The minimum atomic E-state index is -1.26. The molecule has 0 fully saturated rings. The highest BCUT2D eigenvalue weighted by atomic mass is 19.1. The van der Waals surface area contributed by atoms with Crippen molar-refractivity contribution in [2.75, 3.05) is 6.54 Å². The van der Waals surface area contributed by atoms with Crippen molar-refractivity contribution in [3.05, 3.63) is 47.5 Å². The van der Waals surface area contributed by atoms with Crippen molar-refractivity contribution in [3.8, 4) is 0 Å². The molecule has 2 aromatic rings. The van der Waals surface area contributed by atoms with Crippen LogP contribution >= 0.6 is 0 Å². The van der Waals surface area contributed by atoms with Crippen molar-refractivity contribution < 1.29 is 14.3 Å². The lowest BCUT2D eigenvalue weighted by Gasteiger charge is -2.06. The molecule has 0 aliphatic rings. The van der Waals surface area contributed by atoms with Crippen LogP contribution in [0.2, 0.25) is 0 Å². The lowest BCUT2D eigenvalue weighted by molar-refractivity contribution is 0.0692. The second kappa shape index (κ2) is 6.05. The first kappa shape index (κ1) is 13.2. The Bertz CT molecular complexity index is 557. The Hall–Kier alpha value is -2.28. The van der Waals surface area contributed by atoms with Gasteiger partial charge in [0.05, 0.1) is 18.3 Å². The van der Waals surface area contributed by atoms with E-state index < -0.39 is 11.8 Å². The van der Waals surface area contributed by atoms with Gasteiger partial charge in [-0.1, -0.05) is 11.3 Å². The summed E-state index contributed by atoms with van der Waals surface area (Å²) in [4.78, 5) is 10.7. The average Bonchev–Trinajstić information content (AvgIpc) is 2.87. The Balaban J connectivity index is 1.83. The highest BCUT2D eigenvalue weighted by Crippen LogP contribution is 2.10. The van der Waals surface area contributed by atoms with E-state index in [1.54, 1.807) is 23.1 Å². The first-order valence-corrected chi connectivity index (χ1v) is 5.73. The third-order valence-corrected chi connectivity index (χ3v) is 2.58. The lowest BCUT2D eigenvalue weighted by atomic mass is 10.1. The molecule has 1 heterocycles. The van der Waals surface area contributed by atoms with Gasteiger partial charge in [-0.2, -0.15) is 0 Å². The Morgan fingerprint density at radius 2 is 2.32 bits per heavy atom. The first-order valence-electron chi connectivity index (χ1n) is 5.73. The number of carboxylic acid groups (broad SMARTS) is 1. The first-order chi connectivity index (χ1) is 9.16. The standard InChI is InChI=1S/C12H13FN4O2/c13-11-7-9(1-2-10(11)12(18)19)8-14-3-5-17-6-4-15-16-17/h1-2,4,6-7,14H,3,5,8H2,(H,18,19). The van der Waals surface area contributed by atoms with Crippen molar-refractivity contribution in [3.63, 3.8) is 0 Å². The Labute approximate surface area is 108 Å². The number of aromatic carboxylic acids is 1. The number of rotatable bonds is 6. The molecular weight excluding hydrogens is 251 g/mol. The van der Waals surface area contributed by atoms with E-state index >= 15 is 0 Å². The fourth-order valence-electron chi connectivity index (χ4n) is 1.62. The number of carbonyl (C=O) groups is 1. The van der Waals surface area contributed by atoms with Crippen molar-refractivity contribution in [1.29, 1.82) is 0 Å². The molecule has 7 heteroatoms. The smallest absolute Gasteiger partial charge is 0.338 e.